The molecule has 0 aliphatic carbocycles. The van der Waals surface area contributed by atoms with Gasteiger partial charge >= 0.3 is 0 Å². The number of pyridine rings is 1. The lowest BCUT2D eigenvalue weighted by molar-refractivity contribution is 0.417. The first-order valence-corrected chi connectivity index (χ1v) is 5.75. The fourth-order valence-corrected chi connectivity index (χ4v) is 2.06. The Morgan fingerprint density at radius 1 is 1.06 bits per heavy atom. The van der Waals surface area contributed by atoms with Crippen LogP contribution in [0.3, 0.4) is 0 Å². The maximum atomic E-state index is 5.28. The third-order valence-electron chi connectivity index (χ3n) is 3.00. The Morgan fingerprint density at radius 3 is 2.67 bits per heavy atom. The molecule has 3 rings (SSSR count). The first-order valence-electron chi connectivity index (χ1n) is 5.75. The molecule has 18 heavy (non-hydrogen) atoms. The van der Waals surface area contributed by atoms with Crippen molar-refractivity contribution in [3.05, 3.63) is 48.2 Å². The summed E-state index contributed by atoms with van der Waals surface area (Å²) in [7, 11) is 1.64. The molecule has 0 bridgehead atoms. The summed E-state index contributed by atoms with van der Waals surface area (Å²) in [4.78, 5) is 0. The number of benzene rings is 1. The molecule has 2 heterocycles. The average Bonchev–Trinajstić information content (AvgIpc) is 2.83. The van der Waals surface area contributed by atoms with E-state index in [2.05, 4.69) is 23.2 Å². The number of aromatic nitrogens is 3. The standard InChI is InChI=1S/C14H13N3O/c1-10-6-3-4-7-11(10)13-15-16-14-12(18-2)8-5-9-17(13)14/h3-9H,1-2H3. The van der Waals surface area contributed by atoms with Gasteiger partial charge in [-0.3, -0.25) is 4.40 Å². The van der Waals surface area contributed by atoms with E-state index in [1.54, 1.807) is 7.11 Å². The SMILES string of the molecule is COc1cccn2c(-c3ccccc3C)nnc12. The molecule has 0 aliphatic rings. The first kappa shape index (κ1) is 10.8. The predicted molar refractivity (Wildman–Crippen MR) is 69.7 cm³/mol. The van der Waals surface area contributed by atoms with Crippen LogP contribution < -0.4 is 4.74 Å². The second kappa shape index (κ2) is 4.14. The van der Waals surface area contributed by atoms with Gasteiger partial charge in [0.15, 0.2) is 11.6 Å². The molecule has 0 fully saturated rings. The Morgan fingerprint density at radius 2 is 1.89 bits per heavy atom. The van der Waals surface area contributed by atoms with Crippen molar-refractivity contribution in [1.29, 1.82) is 0 Å². The van der Waals surface area contributed by atoms with Gasteiger partial charge < -0.3 is 4.74 Å². The molecule has 0 radical (unpaired) electrons. The van der Waals surface area contributed by atoms with Crippen molar-refractivity contribution in [3.8, 4) is 17.1 Å². The third-order valence-corrected chi connectivity index (χ3v) is 3.00. The molecule has 0 unspecified atom stereocenters. The van der Waals surface area contributed by atoms with E-state index in [1.165, 1.54) is 5.56 Å². The Balaban J connectivity index is 2.29. The van der Waals surface area contributed by atoms with E-state index in [9.17, 15) is 0 Å². The third kappa shape index (κ3) is 1.54. The summed E-state index contributed by atoms with van der Waals surface area (Å²) in [5, 5.41) is 8.46. The summed E-state index contributed by atoms with van der Waals surface area (Å²) in [5.74, 6) is 1.56. The predicted octanol–water partition coefficient (Wildman–Crippen LogP) is 2.71. The van der Waals surface area contributed by atoms with Gasteiger partial charge in [0.05, 0.1) is 7.11 Å². The second-order valence-corrected chi connectivity index (χ2v) is 4.11. The van der Waals surface area contributed by atoms with Crippen LogP contribution in [0.15, 0.2) is 42.6 Å². The van der Waals surface area contributed by atoms with Crippen LogP contribution in [0.5, 0.6) is 5.75 Å². The number of ether oxygens (including phenoxy) is 1. The summed E-state index contributed by atoms with van der Waals surface area (Å²) >= 11 is 0. The number of aryl methyl sites for hydroxylation is 1. The Kier molecular flexibility index (Phi) is 2.48. The molecule has 3 aromatic rings. The van der Waals surface area contributed by atoms with Crippen LogP contribution in [0.1, 0.15) is 5.56 Å². The van der Waals surface area contributed by atoms with Gasteiger partial charge in [0.25, 0.3) is 0 Å². The second-order valence-electron chi connectivity index (χ2n) is 4.11. The molecule has 0 aliphatic heterocycles. The number of hydrogen-bond acceptors (Lipinski definition) is 3. The Bertz CT molecular complexity index is 703. The van der Waals surface area contributed by atoms with Gasteiger partial charge in [-0.1, -0.05) is 24.3 Å². The van der Waals surface area contributed by atoms with Gasteiger partial charge in [0.2, 0.25) is 5.65 Å². The van der Waals surface area contributed by atoms with Gasteiger partial charge in [0.1, 0.15) is 0 Å². The maximum absolute atomic E-state index is 5.28. The Labute approximate surface area is 105 Å². The van der Waals surface area contributed by atoms with Gasteiger partial charge in [-0.05, 0) is 24.6 Å². The van der Waals surface area contributed by atoms with Crippen LogP contribution in [0.4, 0.5) is 0 Å². The lowest BCUT2D eigenvalue weighted by Crippen LogP contribution is -1.93. The summed E-state index contributed by atoms with van der Waals surface area (Å²) in [6.45, 7) is 2.07. The fourth-order valence-electron chi connectivity index (χ4n) is 2.06. The smallest absolute Gasteiger partial charge is 0.203 e. The summed E-state index contributed by atoms with van der Waals surface area (Å²) in [6, 6.07) is 11.9. The summed E-state index contributed by atoms with van der Waals surface area (Å²) < 4.78 is 7.23. The molecule has 1 aromatic carbocycles. The normalized spacial score (nSPS) is 10.8. The zero-order valence-electron chi connectivity index (χ0n) is 10.3. The van der Waals surface area contributed by atoms with Crippen LogP contribution >= 0.6 is 0 Å². The summed E-state index contributed by atoms with van der Waals surface area (Å²) in [5.41, 5.74) is 2.99. The Hall–Kier alpha value is -2.36. The van der Waals surface area contributed by atoms with Crippen LogP contribution in [-0.4, -0.2) is 21.7 Å². The minimum Gasteiger partial charge on any atom is -0.493 e. The molecule has 4 nitrogen and oxygen atoms in total. The number of hydrogen-bond donors (Lipinski definition) is 0. The van der Waals surface area contributed by atoms with E-state index < -0.39 is 0 Å². The number of rotatable bonds is 2. The quantitative estimate of drug-likeness (QED) is 0.690. The molecular weight excluding hydrogens is 226 g/mol. The van der Waals surface area contributed by atoms with Crippen molar-refractivity contribution in [2.24, 2.45) is 0 Å². The lowest BCUT2D eigenvalue weighted by atomic mass is 10.1. The van der Waals surface area contributed by atoms with Crippen molar-refractivity contribution in [2.45, 2.75) is 6.92 Å². The zero-order valence-corrected chi connectivity index (χ0v) is 10.3. The molecule has 4 heteroatoms. The van der Waals surface area contributed by atoms with E-state index in [4.69, 9.17) is 4.74 Å². The largest absolute Gasteiger partial charge is 0.493 e. The molecule has 0 N–H and O–H groups in total. The number of methoxy groups -OCH3 is 1. The van der Waals surface area contributed by atoms with Crippen molar-refractivity contribution in [2.75, 3.05) is 7.11 Å². The van der Waals surface area contributed by atoms with Gasteiger partial charge in [0, 0.05) is 11.8 Å². The molecule has 90 valence electrons. The minimum atomic E-state index is 0.727. The minimum absolute atomic E-state index is 0.727. The molecule has 0 saturated carbocycles. The van der Waals surface area contributed by atoms with Crippen molar-refractivity contribution in [1.82, 2.24) is 14.6 Å². The highest BCUT2D eigenvalue weighted by Crippen LogP contribution is 2.25. The molecular formula is C14H13N3O. The van der Waals surface area contributed by atoms with E-state index in [0.717, 1.165) is 22.8 Å². The molecule has 0 saturated heterocycles. The highest BCUT2D eigenvalue weighted by atomic mass is 16.5. The maximum Gasteiger partial charge on any atom is 0.203 e. The molecule has 0 atom stereocenters. The van der Waals surface area contributed by atoms with Gasteiger partial charge in [-0.2, -0.15) is 0 Å². The van der Waals surface area contributed by atoms with Crippen molar-refractivity contribution in [3.63, 3.8) is 0 Å². The first-order chi connectivity index (χ1) is 8.81. The highest BCUT2D eigenvalue weighted by molar-refractivity contribution is 5.65. The van der Waals surface area contributed by atoms with Crippen LogP contribution in [0, 0.1) is 6.92 Å². The fraction of sp³-hybridized carbons (Fsp3) is 0.143. The average molecular weight is 239 g/mol. The summed E-state index contributed by atoms with van der Waals surface area (Å²) in [6.07, 6.45) is 1.94. The van der Waals surface area contributed by atoms with Gasteiger partial charge in [-0.25, -0.2) is 0 Å². The molecule has 0 spiro atoms. The molecule has 0 amide bonds. The van der Waals surface area contributed by atoms with E-state index in [1.807, 2.05) is 40.9 Å². The van der Waals surface area contributed by atoms with Gasteiger partial charge in [-0.15, -0.1) is 10.2 Å². The monoisotopic (exact) mass is 239 g/mol. The van der Waals surface area contributed by atoms with Crippen LogP contribution in [-0.2, 0) is 0 Å². The topological polar surface area (TPSA) is 39.4 Å². The van der Waals surface area contributed by atoms with Crippen LogP contribution in [0.2, 0.25) is 0 Å². The van der Waals surface area contributed by atoms with E-state index in [0.29, 0.717) is 0 Å². The lowest BCUT2D eigenvalue weighted by Gasteiger charge is -2.05. The number of fused-ring (bicyclic) bond motifs is 1. The zero-order chi connectivity index (χ0) is 12.5. The highest BCUT2D eigenvalue weighted by Gasteiger charge is 2.12. The molecule has 2 aromatic heterocycles. The number of nitrogens with zero attached hydrogens (tertiary/aromatic N) is 3. The van der Waals surface area contributed by atoms with E-state index in [-0.39, 0.29) is 0 Å². The van der Waals surface area contributed by atoms with Crippen molar-refractivity contribution < 1.29 is 4.74 Å². The van der Waals surface area contributed by atoms with E-state index >= 15 is 0 Å². The van der Waals surface area contributed by atoms with Crippen LogP contribution in [0.25, 0.3) is 17.0 Å². The van der Waals surface area contributed by atoms with Crippen molar-refractivity contribution >= 4 is 5.65 Å².